The van der Waals surface area contributed by atoms with Crippen LogP contribution in [0.2, 0.25) is 0 Å². The first kappa shape index (κ1) is 12.6. The number of hydrogen-bond donors (Lipinski definition) is 0. The summed E-state index contributed by atoms with van der Waals surface area (Å²) in [6.07, 6.45) is 3.60. The monoisotopic (exact) mass is 295 g/mol. The van der Waals surface area contributed by atoms with Crippen LogP contribution in [0.1, 0.15) is 37.0 Å². The van der Waals surface area contributed by atoms with Crippen molar-refractivity contribution in [1.82, 2.24) is 0 Å². The van der Waals surface area contributed by atoms with Gasteiger partial charge in [-0.25, -0.2) is 0 Å². The van der Waals surface area contributed by atoms with Crippen LogP contribution in [0.15, 0.2) is 22.7 Å². The molecule has 0 amide bonds. The van der Waals surface area contributed by atoms with Crippen LogP contribution in [-0.2, 0) is 0 Å². The van der Waals surface area contributed by atoms with Gasteiger partial charge in [0.1, 0.15) is 0 Å². The average Bonchev–Trinajstić information content (AvgIpc) is 3.09. The third-order valence-electron chi connectivity index (χ3n) is 3.20. The largest absolute Gasteiger partial charge is 0.368 e. The van der Waals surface area contributed by atoms with Gasteiger partial charge in [-0.05, 0) is 50.8 Å². The van der Waals surface area contributed by atoms with Gasteiger partial charge in [-0.1, -0.05) is 15.9 Å². The second kappa shape index (κ2) is 5.21. The summed E-state index contributed by atoms with van der Waals surface area (Å²) in [5, 5.41) is 0. The number of anilines is 1. The predicted octanol–water partition coefficient (Wildman–Crippen LogP) is 3.89. The van der Waals surface area contributed by atoms with Gasteiger partial charge in [-0.15, -0.1) is 0 Å². The zero-order chi connectivity index (χ0) is 12.4. The zero-order valence-electron chi connectivity index (χ0n) is 10.3. The Labute approximate surface area is 111 Å². The van der Waals surface area contributed by atoms with Crippen molar-refractivity contribution in [2.45, 2.75) is 32.7 Å². The van der Waals surface area contributed by atoms with Crippen LogP contribution in [-0.4, -0.2) is 18.9 Å². The van der Waals surface area contributed by atoms with Gasteiger partial charge in [0.05, 0.1) is 0 Å². The number of hydrogen-bond acceptors (Lipinski definition) is 2. The standard InChI is InChI=1S/C14H18BrNO/c1-10(2)16(8-11-3-4-11)14-7-13(15)6-5-12(14)9-17/h5-7,9-11H,3-4,8H2,1-2H3. The van der Waals surface area contributed by atoms with E-state index in [4.69, 9.17) is 0 Å². The Morgan fingerprint density at radius 3 is 2.71 bits per heavy atom. The first-order valence-corrected chi connectivity index (χ1v) is 6.92. The van der Waals surface area contributed by atoms with Crippen molar-refractivity contribution >= 4 is 27.9 Å². The Morgan fingerprint density at radius 2 is 2.18 bits per heavy atom. The fourth-order valence-corrected chi connectivity index (χ4v) is 2.38. The lowest BCUT2D eigenvalue weighted by Gasteiger charge is -2.30. The molecule has 2 nitrogen and oxygen atoms in total. The number of benzene rings is 1. The second-order valence-corrected chi connectivity index (χ2v) is 5.93. The van der Waals surface area contributed by atoms with Crippen LogP contribution >= 0.6 is 15.9 Å². The highest BCUT2D eigenvalue weighted by molar-refractivity contribution is 9.10. The van der Waals surface area contributed by atoms with Gasteiger partial charge in [0, 0.05) is 28.3 Å². The van der Waals surface area contributed by atoms with E-state index in [1.54, 1.807) is 0 Å². The lowest BCUT2D eigenvalue weighted by molar-refractivity contribution is 0.112. The third kappa shape index (κ3) is 3.09. The highest BCUT2D eigenvalue weighted by Crippen LogP contribution is 2.34. The average molecular weight is 296 g/mol. The van der Waals surface area contributed by atoms with Gasteiger partial charge in [-0.2, -0.15) is 0 Å². The minimum absolute atomic E-state index is 0.420. The molecular formula is C14H18BrNO. The number of carbonyl (C=O) groups excluding carboxylic acids is 1. The quantitative estimate of drug-likeness (QED) is 0.768. The highest BCUT2D eigenvalue weighted by atomic mass is 79.9. The summed E-state index contributed by atoms with van der Waals surface area (Å²) < 4.78 is 1.03. The lowest BCUT2D eigenvalue weighted by atomic mass is 10.1. The summed E-state index contributed by atoms with van der Waals surface area (Å²) in [6.45, 7) is 5.42. The molecule has 3 heteroatoms. The molecule has 92 valence electrons. The van der Waals surface area contributed by atoms with Gasteiger partial charge in [0.2, 0.25) is 0 Å². The molecule has 1 fully saturated rings. The molecule has 0 bridgehead atoms. The Hall–Kier alpha value is -0.830. The van der Waals surface area contributed by atoms with Crippen LogP contribution in [0.25, 0.3) is 0 Å². The van der Waals surface area contributed by atoms with Crippen LogP contribution in [0.3, 0.4) is 0 Å². The van der Waals surface area contributed by atoms with Crippen molar-refractivity contribution in [2.24, 2.45) is 5.92 Å². The molecular weight excluding hydrogens is 278 g/mol. The van der Waals surface area contributed by atoms with Crippen molar-refractivity contribution < 1.29 is 4.79 Å². The molecule has 0 aliphatic heterocycles. The number of aldehydes is 1. The Balaban J connectivity index is 2.32. The van der Waals surface area contributed by atoms with E-state index in [2.05, 4.69) is 34.7 Å². The summed E-state index contributed by atoms with van der Waals surface area (Å²) in [4.78, 5) is 13.5. The fraction of sp³-hybridized carbons (Fsp3) is 0.500. The second-order valence-electron chi connectivity index (χ2n) is 5.01. The van der Waals surface area contributed by atoms with Crippen LogP contribution in [0.4, 0.5) is 5.69 Å². The fourth-order valence-electron chi connectivity index (χ4n) is 2.03. The van der Waals surface area contributed by atoms with Crippen LogP contribution < -0.4 is 4.90 Å². The van der Waals surface area contributed by atoms with Crippen molar-refractivity contribution in [3.05, 3.63) is 28.2 Å². The smallest absolute Gasteiger partial charge is 0.152 e. The van der Waals surface area contributed by atoms with E-state index < -0.39 is 0 Å². The normalized spacial score (nSPS) is 15.1. The number of nitrogens with zero attached hydrogens (tertiary/aromatic N) is 1. The van der Waals surface area contributed by atoms with Gasteiger partial charge in [0.15, 0.2) is 6.29 Å². The van der Waals surface area contributed by atoms with E-state index in [1.807, 2.05) is 18.2 Å². The minimum atomic E-state index is 0.420. The molecule has 0 unspecified atom stereocenters. The molecule has 0 N–H and O–H groups in total. The topological polar surface area (TPSA) is 20.3 Å². The van der Waals surface area contributed by atoms with Crippen LogP contribution in [0, 0.1) is 5.92 Å². The molecule has 1 aliphatic rings. The van der Waals surface area contributed by atoms with Crippen molar-refractivity contribution in [3.8, 4) is 0 Å². The summed E-state index contributed by atoms with van der Waals surface area (Å²) in [6, 6.07) is 6.27. The SMILES string of the molecule is CC(C)N(CC1CC1)c1cc(Br)ccc1C=O. The number of halogens is 1. The first-order chi connectivity index (χ1) is 8.11. The maximum atomic E-state index is 11.1. The summed E-state index contributed by atoms with van der Waals surface area (Å²) in [5.41, 5.74) is 1.83. The van der Waals surface area contributed by atoms with Crippen LogP contribution in [0.5, 0.6) is 0 Å². The van der Waals surface area contributed by atoms with Crippen molar-refractivity contribution in [2.75, 3.05) is 11.4 Å². The van der Waals surface area contributed by atoms with Crippen molar-refractivity contribution in [3.63, 3.8) is 0 Å². The maximum absolute atomic E-state index is 11.1. The molecule has 0 heterocycles. The van der Waals surface area contributed by atoms with Gasteiger partial charge in [-0.3, -0.25) is 4.79 Å². The molecule has 0 atom stereocenters. The summed E-state index contributed by atoms with van der Waals surface area (Å²) >= 11 is 3.48. The third-order valence-corrected chi connectivity index (χ3v) is 3.70. The van der Waals surface area contributed by atoms with E-state index in [1.165, 1.54) is 12.8 Å². The molecule has 1 saturated carbocycles. The molecule has 0 spiro atoms. The van der Waals surface area contributed by atoms with Gasteiger partial charge in [0.25, 0.3) is 0 Å². The van der Waals surface area contributed by atoms with E-state index in [-0.39, 0.29) is 0 Å². The number of rotatable bonds is 5. The molecule has 0 aromatic heterocycles. The Kier molecular flexibility index (Phi) is 3.87. The van der Waals surface area contributed by atoms with E-state index >= 15 is 0 Å². The van der Waals surface area contributed by atoms with Gasteiger partial charge >= 0.3 is 0 Å². The zero-order valence-corrected chi connectivity index (χ0v) is 11.9. The number of carbonyl (C=O) groups is 1. The highest BCUT2D eigenvalue weighted by Gasteiger charge is 2.26. The molecule has 1 aromatic carbocycles. The Bertz CT molecular complexity index is 413. The van der Waals surface area contributed by atoms with E-state index in [9.17, 15) is 4.79 Å². The first-order valence-electron chi connectivity index (χ1n) is 6.13. The summed E-state index contributed by atoms with van der Waals surface area (Å²) in [7, 11) is 0. The predicted molar refractivity (Wildman–Crippen MR) is 74.7 cm³/mol. The maximum Gasteiger partial charge on any atom is 0.152 e. The Morgan fingerprint density at radius 1 is 1.47 bits per heavy atom. The van der Waals surface area contributed by atoms with E-state index in [0.29, 0.717) is 6.04 Å². The van der Waals surface area contributed by atoms with E-state index in [0.717, 1.165) is 34.5 Å². The molecule has 0 radical (unpaired) electrons. The molecule has 2 rings (SSSR count). The molecule has 17 heavy (non-hydrogen) atoms. The van der Waals surface area contributed by atoms with Gasteiger partial charge < -0.3 is 4.90 Å². The minimum Gasteiger partial charge on any atom is -0.368 e. The lowest BCUT2D eigenvalue weighted by Crippen LogP contribution is -2.33. The van der Waals surface area contributed by atoms with Crippen molar-refractivity contribution in [1.29, 1.82) is 0 Å². The molecule has 1 aromatic rings. The summed E-state index contributed by atoms with van der Waals surface area (Å²) in [5.74, 6) is 0.816. The molecule has 1 aliphatic carbocycles. The molecule has 0 saturated heterocycles.